The Balaban J connectivity index is 1.58. The van der Waals surface area contributed by atoms with Crippen LogP contribution >= 0.6 is 0 Å². The monoisotopic (exact) mass is 427 g/mol. The molecule has 0 spiro atoms. The Kier molecular flexibility index (Phi) is 7.05. The third-order valence-electron chi connectivity index (χ3n) is 5.94. The Morgan fingerprint density at radius 3 is 2.32 bits per heavy atom. The highest BCUT2D eigenvalue weighted by Gasteiger charge is 2.27. The largest absolute Gasteiger partial charge is 0.503 e. The molecular formula is C24H33N3O4. The van der Waals surface area contributed by atoms with Crippen LogP contribution in [0, 0.1) is 6.92 Å². The average Bonchev–Trinajstić information content (AvgIpc) is 2.75. The summed E-state index contributed by atoms with van der Waals surface area (Å²) >= 11 is 0. The topological polar surface area (TPSA) is 75.0 Å². The van der Waals surface area contributed by atoms with Crippen LogP contribution in [-0.2, 0) is 17.8 Å². The molecule has 1 saturated heterocycles. The zero-order chi connectivity index (χ0) is 22.6. The van der Waals surface area contributed by atoms with Gasteiger partial charge in [0.15, 0.2) is 5.75 Å². The van der Waals surface area contributed by atoms with Crippen LogP contribution in [0.25, 0.3) is 0 Å². The highest BCUT2D eigenvalue weighted by molar-refractivity contribution is 5.68. The third kappa shape index (κ3) is 5.88. The van der Waals surface area contributed by atoms with Crippen LogP contribution in [0.2, 0.25) is 0 Å². The first-order valence-corrected chi connectivity index (χ1v) is 10.9. The molecule has 0 aliphatic carbocycles. The van der Waals surface area contributed by atoms with E-state index in [2.05, 4.69) is 4.90 Å². The van der Waals surface area contributed by atoms with Crippen molar-refractivity contribution in [2.75, 3.05) is 26.2 Å². The van der Waals surface area contributed by atoms with Crippen molar-refractivity contribution in [2.45, 2.75) is 52.8 Å². The molecule has 1 aromatic heterocycles. The summed E-state index contributed by atoms with van der Waals surface area (Å²) in [4.78, 5) is 28.8. The number of benzene rings is 1. The zero-order valence-electron chi connectivity index (χ0n) is 18.9. The Hall–Kier alpha value is -2.80. The summed E-state index contributed by atoms with van der Waals surface area (Å²) in [6, 6.07) is 9.79. The van der Waals surface area contributed by atoms with E-state index in [1.54, 1.807) is 17.2 Å². The Bertz CT molecular complexity index is 958. The van der Waals surface area contributed by atoms with Gasteiger partial charge in [-0.25, -0.2) is 4.79 Å². The number of aromatic nitrogens is 1. The van der Waals surface area contributed by atoms with E-state index >= 15 is 0 Å². The normalized spacial score (nSPS) is 15.2. The Morgan fingerprint density at radius 1 is 1.06 bits per heavy atom. The number of piperazine rings is 1. The van der Waals surface area contributed by atoms with Crippen molar-refractivity contribution >= 4 is 6.09 Å². The van der Waals surface area contributed by atoms with E-state index in [1.807, 2.05) is 52.0 Å². The Morgan fingerprint density at radius 2 is 1.71 bits per heavy atom. The van der Waals surface area contributed by atoms with E-state index in [0.717, 1.165) is 17.5 Å². The molecule has 0 unspecified atom stereocenters. The molecule has 1 aromatic carbocycles. The summed E-state index contributed by atoms with van der Waals surface area (Å²) in [7, 11) is 0. The molecular weight excluding hydrogens is 394 g/mol. The first-order chi connectivity index (χ1) is 14.7. The fraction of sp³-hybridized carbons (Fsp3) is 0.500. The van der Waals surface area contributed by atoms with Crippen molar-refractivity contribution in [3.63, 3.8) is 0 Å². The lowest BCUT2D eigenvalue weighted by molar-refractivity contribution is 0.00206. The van der Waals surface area contributed by atoms with E-state index in [0.29, 0.717) is 44.8 Å². The first-order valence-electron chi connectivity index (χ1n) is 10.9. The van der Waals surface area contributed by atoms with Gasteiger partial charge in [0.25, 0.3) is 5.56 Å². The summed E-state index contributed by atoms with van der Waals surface area (Å²) in [5, 5.41) is 10.5. The van der Waals surface area contributed by atoms with Crippen molar-refractivity contribution < 1.29 is 14.6 Å². The molecule has 31 heavy (non-hydrogen) atoms. The minimum absolute atomic E-state index is 0.207. The summed E-state index contributed by atoms with van der Waals surface area (Å²) < 4.78 is 7.09. The summed E-state index contributed by atoms with van der Waals surface area (Å²) in [5.74, 6) is -0.207. The quantitative estimate of drug-likeness (QED) is 0.765. The summed E-state index contributed by atoms with van der Waals surface area (Å²) in [6.07, 6.45) is 2.21. The molecule has 1 N–H and O–H groups in total. The van der Waals surface area contributed by atoms with Gasteiger partial charge < -0.3 is 19.3 Å². The Labute approximate surface area is 183 Å². The van der Waals surface area contributed by atoms with Gasteiger partial charge in [-0.15, -0.1) is 0 Å². The molecule has 168 valence electrons. The number of ether oxygens (including phenoxy) is 1. The summed E-state index contributed by atoms with van der Waals surface area (Å²) in [6.45, 7) is 11.2. The van der Waals surface area contributed by atoms with Gasteiger partial charge in [-0.1, -0.05) is 36.8 Å². The van der Waals surface area contributed by atoms with Crippen LogP contribution in [-0.4, -0.2) is 57.3 Å². The molecule has 2 aromatic rings. The smallest absolute Gasteiger partial charge is 0.410 e. The van der Waals surface area contributed by atoms with Crippen molar-refractivity contribution in [3.8, 4) is 5.75 Å². The van der Waals surface area contributed by atoms with Gasteiger partial charge in [0.1, 0.15) is 5.60 Å². The second-order valence-electron chi connectivity index (χ2n) is 8.85. The van der Waals surface area contributed by atoms with Gasteiger partial charge >= 0.3 is 6.09 Å². The maximum absolute atomic E-state index is 12.6. The molecule has 3 rings (SSSR count). The van der Waals surface area contributed by atoms with Crippen LogP contribution in [0.5, 0.6) is 5.75 Å². The van der Waals surface area contributed by atoms with E-state index in [9.17, 15) is 14.7 Å². The van der Waals surface area contributed by atoms with Crippen LogP contribution < -0.4 is 5.56 Å². The van der Waals surface area contributed by atoms with Gasteiger partial charge in [-0.05, 0) is 38.8 Å². The molecule has 0 bridgehead atoms. The molecule has 0 saturated carbocycles. The summed E-state index contributed by atoms with van der Waals surface area (Å²) in [5.41, 5.74) is 1.92. The number of nitrogens with zero attached hydrogens (tertiary/aromatic N) is 3. The number of hydrogen-bond donors (Lipinski definition) is 1. The molecule has 0 atom stereocenters. The maximum atomic E-state index is 12.6. The lowest BCUT2D eigenvalue weighted by Gasteiger charge is -2.36. The van der Waals surface area contributed by atoms with Crippen LogP contribution in [0.1, 0.15) is 43.9 Å². The van der Waals surface area contributed by atoms with Crippen molar-refractivity contribution in [3.05, 3.63) is 63.6 Å². The second kappa shape index (κ2) is 9.56. The fourth-order valence-electron chi connectivity index (χ4n) is 3.44. The molecule has 1 amide bonds. The number of aromatic hydroxyl groups is 1. The van der Waals surface area contributed by atoms with Gasteiger partial charge in [-0.2, -0.15) is 0 Å². The van der Waals surface area contributed by atoms with Crippen molar-refractivity contribution in [1.82, 2.24) is 14.4 Å². The van der Waals surface area contributed by atoms with Crippen LogP contribution in [0.15, 0.2) is 41.3 Å². The number of amides is 1. The standard InChI is InChI=1S/C24H33N3O4/c1-5-24(3,4)31-23(30)26-14-12-25(13-15-26)17-20-10-11-27(22(29)21(20)28)16-19-8-6-18(2)7-9-19/h6-11,28H,5,12-17H2,1-4H3. The lowest BCUT2D eigenvalue weighted by atomic mass is 10.1. The number of rotatable bonds is 6. The highest BCUT2D eigenvalue weighted by atomic mass is 16.6. The predicted octanol–water partition coefficient (Wildman–Crippen LogP) is 3.35. The van der Waals surface area contributed by atoms with Gasteiger partial charge in [0.2, 0.25) is 0 Å². The number of hydrogen-bond acceptors (Lipinski definition) is 5. The third-order valence-corrected chi connectivity index (χ3v) is 5.94. The molecule has 0 radical (unpaired) electrons. The van der Waals surface area contributed by atoms with Crippen LogP contribution in [0.3, 0.4) is 0 Å². The predicted molar refractivity (Wildman–Crippen MR) is 120 cm³/mol. The molecule has 1 fully saturated rings. The molecule has 2 heterocycles. The number of aryl methyl sites for hydroxylation is 1. The minimum Gasteiger partial charge on any atom is -0.503 e. The van der Waals surface area contributed by atoms with Crippen LogP contribution in [0.4, 0.5) is 4.79 Å². The average molecular weight is 428 g/mol. The fourth-order valence-corrected chi connectivity index (χ4v) is 3.44. The minimum atomic E-state index is -0.470. The van der Waals surface area contributed by atoms with E-state index in [4.69, 9.17) is 4.74 Å². The van der Waals surface area contributed by atoms with E-state index in [-0.39, 0.29) is 17.4 Å². The number of carbonyl (C=O) groups excluding carboxylic acids is 1. The lowest BCUT2D eigenvalue weighted by Crippen LogP contribution is -2.49. The van der Waals surface area contributed by atoms with Gasteiger partial charge in [0, 0.05) is 44.5 Å². The van der Waals surface area contributed by atoms with E-state index < -0.39 is 5.60 Å². The molecule has 1 aliphatic rings. The number of pyridine rings is 1. The molecule has 7 nitrogen and oxygen atoms in total. The van der Waals surface area contributed by atoms with Gasteiger partial charge in [-0.3, -0.25) is 9.69 Å². The molecule has 1 aliphatic heterocycles. The molecule has 7 heteroatoms. The first kappa shape index (κ1) is 22.9. The van der Waals surface area contributed by atoms with Crippen molar-refractivity contribution in [2.24, 2.45) is 0 Å². The SMILES string of the molecule is CCC(C)(C)OC(=O)N1CCN(Cc2ccn(Cc3ccc(C)cc3)c(=O)c2O)CC1. The van der Waals surface area contributed by atoms with Crippen molar-refractivity contribution in [1.29, 1.82) is 0 Å². The highest BCUT2D eigenvalue weighted by Crippen LogP contribution is 2.19. The van der Waals surface area contributed by atoms with Gasteiger partial charge in [0.05, 0.1) is 6.54 Å². The second-order valence-corrected chi connectivity index (χ2v) is 8.85. The zero-order valence-corrected chi connectivity index (χ0v) is 18.9. The maximum Gasteiger partial charge on any atom is 0.410 e. The number of carbonyl (C=O) groups is 1. The van der Waals surface area contributed by atoms with E-state index in [1.165, 1.54) is 4.57 Å².